The highest BCUT2D eigenvalue weighted by molar-refractivity contribution is 5.75. The Morgan fingerprint density at radius 3 is 2.79 bits per heavy atom. The molecule has 0 aliphatic carbocycles. The van der Waals surface area contributed by atoms with E-state index in [4.69, 9.17) is 5.73 Å². The van der Waals surface area contributed by atoms with E-state index in [1.165, 1.54) is 6.42 Å². The van der Waals surface area contributed by atoms with Crippen LogP contribution in [0.2, 0.25) is 0 Å². The SMILES string of the molecule is CN(C)C(=O)CCN1CCC(CN)C1. The van der Waals surface area contributed by atoms with Gasteiger partial charge in [-0.2, -0.15) is 0 Å². The number of rotatable bonds is 4. The van der Waals surface area contributed by atoms with E-state index in [2.05, 4.69) is 4.90 Å². The van der Waals surface area contributed by atoms with Crippen LogP contribution in [-0.2, 0) is 4.79 Å². The van der Waals surface area contributed by atoms with Gasteiger partial charge in [-0.25, -0.2) is 0 Å². The third-order valence-electron chi connectivity index (χ3n) is 2.84. The maximum Gasteiger partial charge on any atom is 0.223 e. The largest absolute Gasteiger partial charge is 0.349 e. The summed E-state index contributed by atoms with van der Waals surface area (Å²) in [6, 6.07) is 0. The molecule has 0 aromatic heterocycles. The summed E-state index contributed by atoms with van der Waals surface area (Å²) in [6.45, 7) is 3.82. The number of carbonyl (C=O) groups excluding carboxylic acids is 1. The van der Waals surface area contributed by atoms with Crippen LogP contribution < -0.4 is 5.73 Å². The van der Waals surface area contributed by atoms with Gasteiger partial charge in [-0.15, -0.1) is 0 Å². The first-order valence-corrected chi connectivity index (χ1v) is 5.26. The van der Waals surface area contributed by atoms with Gasteiger partial charge in [0, 0.05) is 33.6 Å². The molecule has 0 saturated carbocycles. The van der Waals surface area contributed by atoms with Crippen molar-refractivity contribution in [2.45, 2.75) is 12.8 Å². The van der Waals surface area contributed by atoms with Gasteiger partial charge in [0.05, 0.1) is 0 Å². The van der Waals surface area contributed by atoms with E-state index in [1.807, 2.05) is 0 Å². The highest BCUT2D eigenvalue weighted by Crippen LogP contribution is 2.14. The van der Waals surface area contributed by atoms with Crippen LogP contribution in [0.25, 0.3) is 0 Å². The van der Waals surface area contributed by atoms with E-state index in [0.717, 1.165) is 26.2 Å². The van der Waals surface area contributed by atoms with Crippen molar-refractivity contribution in [3.63, 3.8) is 0 Å². The lowest BCUT2D eigenvalue weighted by Crippen LogP contribution is -2.29. The fraction of sp³-hybridized carbons (Fsp3) is 0.900. The maximum atomic E-state index is 11.3. The van der Waals surface area contributed by atoms with Crippen molar-refractivity contribution >= 4 is 5.91 Å². The van der Waals surface area contributed by atoms with Crippen LogP contribution in [-0.4, -0.2) is 56.0 Å². The number of hydrogen-bond acceptors (Lipinski definition) is 3. The number of likely N-dealkylation sites (tertiary alicyclic amines) is 1. The molecule has 1 fully saturated rings. The first-order chi connectivity index (χ1) is 6.63. The average Bonchev–Trinajstić information content (AvgIpc) is 2.61. The molecule has 82 valence electrons. The van der Waals surface area contributed by atoms with Crippen LogP contribution >= 0.6 is 0 Å². The Kier molecular flexibility index (Phi) is 4.35. The third-order valence-corrected chi connectivity index (χ3v) is 2.84. The van der Waals surface area contributed by atoms with Crippen molar-refractivity contribution in [2.24, 2.45) is 11.7 Å². The summed E-state index contributed by atoms with van der Waals surface area (Å²) in [4.78, 5) is 15.3. The van der Waals surface area contributed by atoms with Gasteiger partial charge in [-0.3, -0.25) is 4.79 Å². The van der Waals surface area contributed by atoms with Crippen molar-refractivity contribution in [1.29, 1.82) is 0 Å². The van der Waals surface area contributed by atoms with Crippen molar-refractivity contribution in [2.75, 3.05) is 40.3 Å². The molecule has 0 aromatic rings. The van der Waals surface area contributed by atoms with Crippen molar-refractivity contribution in [3.8, 4) is 0 Å². The molecule has 1 atom stereocenters. The molecule has 1 aliphatic rings. The summed E-state index contributed by atoms with van der Waals surface area (Å²) >= 11 is 0. The van der Waals surface area contributed by atoms with E-state index < -0.39 is 0 Å². The van der Waals surface area contributed by atoms with Crippen LogP contribution in [0.1, 0.15) is 12.8 Å². The van der Waals surface area contributed by atoms with Crippen molar-refractivity contribution < 1.29 is 4.79 Å². The number of nitrogens with zero attached hydrogens (tertiary/aromatic N) is 2. The van der Waals surface area contributed by atoms with Crippen LogP contribution in [0.15, 0.2) is 0 Å². The van der Waals surface area contributed by atoms with Crippen LogP contribution in [0, 0.1) is 5.92 Å². The van der Waals surface area contributed by atoms with Gasteiger partial charge < -0.3 is 15.5 Å². The molecule has 1 rings (SSSR count). The second-order valence-electron chi connectivity index (χ2n) is 4.23. The maximum absolute atomic E-state index is 11.3. The minimum absolute atomic E-state index is 0.209. The molecule has 2 N–H and O–H groups in total. The number of hydrogen-bond donors (Lipinski definition) is 1. The highest BCUT2D eigenvalue weighted by Gasteiger charge is 2.21. The summed E-state index contributed by atoms with van der Waals surface area (Å²) in [6.07, 6.45) is 1.82. The minimum atomic E-state index is 0.209. The molecular weight excluding hydrogens is 178 g/mol. The Balaban J connectivity index is 2.17. The Labute approximate surface area is 86.0 Å². The van der Waals surface area contributed by atoms with Gasteiger partial charge in [0.1, 0.15) is 0 Å². The van der Waals surface area contributed by atoms with E-state index in [9.17, 15) is 4.79 Å². The summed E-state index contributed by atoms with van der Waals surface area (Å²) < 4.78 is 0. The molecule has 4 nitrogen and oxygen atoms in total. The van der Waals surface area contributed by atoms with Gasteiger partial charge in [0.15, 0.2) is 0 Å². The van der Waals surface area contributed by atoms with Gasteiger partial charge >= 0.3 is 0 Å². The Bertz CT molecular complexity index is 194. The molecule has 14 heavy (non-hydrogen) atoms. The van der Waals surface area contributed by atoms with Crippen LogP contribution in [0.4, 0.5) is 0 Å². The Hall–Kier alpha value is -0.610. The van der Waals surface area contributed by atoms with Crippen molar-refractivity contribution in [3.05, 3.63) is 0 Å². The highest BCUT2D eigenvalue weighted by atomic mass is 16.2. The standard InChI is InChI=1S/C10H21N3O/c1-12(2)10(14)4-6-13-5-3-9(7-11)8-13/h9H,3-8,11H2,1-2H3. The lowest BCUT2D eigenvalue weighted by Gasteiger charge is -2.16. The Morgan fingerprint density at radius 1 is 1.57 bits per heavy atom. The second-order valence-corrected chi connectivity index (χ2v) is 4.23. The van der Waals surface area contributed by atoms with E-state index in [1.54, 1.807) is 19.0 Å². The predicted octanol–water partition coefficient (Wildman–Crippen LogP) is -0.255. The zero-order chi connectivity index (χ0) is 10.6. The first-order valence-electron chi connectivity index (χ1n) is 5.26. The molecule has 0 aromatic carbocycles. The smallest absolute Gasteiger partial charge is 0.223 e. The quantitative estimate of drug-likeness (QED) is 0.679. The molecule has 1 unspecified atom stereocenters. The van der Waals surface area contributed by atoms with E-state index >= 15 is 0 Å². The van der Waals surface area contributed by atoms with Gasteiger partial charge in [0.25, 0.3) is 0 Å². The normalized spacial score (nSPS) is 22.6. The molecule has 1 amide bonds. The van der Waals surface area contributed by atoms with Gasteiger partial charge in [0.2, 0.25) is 5.91 Å². The minimum Gasteiger partial charge on any atom is -0.349 e. The third kappa shape index (κ3) is 3.27. The molecule has 1 saturated heterocycles. The summed E-state index contributed by atoms with van der Waals surface area (Å²) in [5, 5.41) is 0. The molecule has 0 bridgehead atoms. The summed E-state index contributed by atoms with van der Waals surface area (Å²) in [5.74, 6) is 0.852. The van der Waals surface area contributed by atoms with E-state index in [0.29, 0.717) is 12.3 Å². The summed E-state index contributed by atoms with van der Waals surface area (Å²) in [5.41, 5.74) is 5.60. The first kappa shape index (κ1) is 11.5. The summed E-state index contributed by atoms with van der Waals surface area (Å²) in [7, 11) is 3.60. The lowest BCUT2D eigenvalue weighted by atomic mass is 10.1. The van der Waals surface area contributed by atoms with Crippen LogP contribution in [0.3, 0.4) is 0 Å². The number of nitrogens with two attached hydrogens (primary N) is 1. The molecule has 4 heteroatoms. The fourth-order valence-electron chi connectivity index (χ4n) is 1.79. The van der Waals surface area contributed by atoms with Crippen LogP contribution in [0.5, 0.6) is 0 Å². The topological polar surface area (TPSA) is 49.6 Å². The zero-order valence-corrected chi connectivity index (χ0v) is 9.20. The molecular formula is C10H21N3O. The molecule has 0 radical (unpaired) electrons. The zero-order valence-electron chi connectivity index (χ0n) is 9.20. The van der Waals surface area contributed by atoms with Gasteiger partial charge in [-0.1, -0.05) is 0 Å². The average molecular weight is 199 g/mol. The van der Waals surface area contributed by atoms with Crippen molar-refractivity contribution in [1.82, 2.24) is 9.80 Å². The van der Waals surface area contributed by atoms with Gasteiger partial charge in [-0.05, 0) is 25.4 Å². The van der Waals surface area contributed by atoms with E-state index in [-0.39, 0.29) is 5.91 Å². The predicted molar refractivity (Wildman–Crippen MR) is 56.9 cm³/mol. The molecule has 1 aliphatic heterocycles. The molecule has 1 heterocycles. The lowest BCUT2D eigenvalue weighted by molar-refractivity contribution is -0.128. The number of carbonyl (C=O) groups is 1. The fourth-order valence-corrected chi connectivity index (χ4v) is 1.79. The monoisotopic (exact) mass is 199 g/mol. The number of amides is 1. The Morgan fingerprint density at radius 2 is 2.29 bits per heavy atom. The molecule has 0 spiro atoms. The second kappa shape index (κ2) is 5.32.